The summed E-state index contributed by atoms with van der Waals surface area (Å²) in [5.74, 6) is 0.292. The van der Waals surface area contributed by atoms with E-state index in [2.05, 4.69) is 15.5 Å². The Morgan fingerprint density at radius 1 is 1.03 bits per heavy atom. The van der Waals surface area contributed by atoms with E-state index in [1.807, 2.05) is 24.3 Å². The zero-order chi connectivity index (χ0) is 24.9. The van der Waals surface area contributed by atoms with Crippen LogP contribution >= 0.6 is 23.2 Å². The van der Waals surface area contributed by atoms with Crippen LogP contribution in [0.5, 0.6) is 5.75 Å². The van der Waals surface area contributed by atoms with Crippen molar-refractivity contribution < 1.29 is 19.1 Å². The van der Waals surface area contributed by atoms with Crippen LogP contribution in [0.25, 0.3) is 0 Å². The van der Waals surface area contributed by atoms with E-state index in [-0.39, 0.29) is 18.2 Å². The first-order valence-electron chi connectivity index (χ1n) is 11.3. The van der Waals surface area contributed by atoms with Gasteiger partial charge in [-0.15, -0.1) is 0 Å². The van der Waals surface area contributed by atoms with E-state index in [9.17, 15) is 14.4 Å². The first-order chi connectivity index (χ1) is 16.9. The minimum Gasteiger partial charge on any atom is -0.497 e. The molecular weight excluding hydrogens is 493 g/mol. The van der Waals surface area contributed by atoms with Crippen molar-refractivity contribution in [3.8, 4) is 5.75 Å². The number of ether oxygens (including phenoxy) is 1. The fraction of sp³-hybridized carbons (Fsp3) is 0.375. The van der Waals surface area contributed by atoms with Gasteiger partial charge in [-0.25, -0.2) is 4.79 Å². The fourth-order valence-corrected chi connectivity index (χ4v) is 4.53. The molecule has 2 saturated heterocycles. The summed E-state index contributed by atoms with van der Waals surface area (Å²) in [7, 11) is 1.63. The van der Waals surface area contributed by atoms with Gasteiger partial charge in [0.25, 0.3) is 0 Å². The van der Waals surface area contributed by atoms with Crippen LogP contribution < -0.4 is 20.3 Å². The van der Waals surface area contributed by atoms with Crippen LogP contribution in [0.4, 0.5) is 16.2 Å². The second kappa shape index (κ2) is 11.0. The minimum absolute atomic E-state index is 0.0802. The van der Waals surface area contributed by atoms with Crippen LogP contribution in [0.1, 0.15) is 6.42 Å². The van der Waals surface area contributed by atoms with Crippen molar-refractivity contribution in [3.05, 3.63) is 52.5 Å². The number of nitrogens with one attached hydrogen (secondary N) is 2. The van der Waals surface area contributed by atoms with Crippen LogP contribution in [0, 0.1) is 0 Å². The van der Waals surface area contributed by atoms with Gasteiger partial charge in [0.2, 0.25) is 11.8 Å². The van der Waals surface area contributed by atoms with Crippen LogP contribution in [0.2, 0.25) is 10.0 Å². The smallest absolute Gasteiger partial charge is 0.322 e. The van der Waals surface area contributed by atoms with Gasteiger partial charge in [0.1, 0.15) is 11.8 Å². The summed E-state index contributed by atoms with van der Waals surface area (Å²) in [6.45, 7) is 3.04. The zero-order valence-corrected chi connectivity index (χ0v) is 20.8. The number of halogens is 2. The average Bonchev–Trinajstić information content (AvgIpc) is 2.87. The second-order valence-corrected chi connectivity index (χ2v) is 9.14. The Balaban J connectivity index is 1.36. The molecular formula is C24H27Cl2N5O4. The maximum absolute atomic E-state index is 13.1. The quantitative estimate of drug-likeness (QED) is 0.632. The van der Waals surface area contributed by atoms with Gasteiger partial charge in [0.05, 0.1) is 23.6 Å². The maximum Gasteiger partial charge on any atom is 0.322 e. The molecule has 2 aliphatic heterocycles. The predicted molar refractivity (Wildman–Crippen MR) is 135 cm³/mol. The molecule has 0 radical (unpaired) electrons. The number of hydrogen-bond acceptors (Lipinski definition) is 5. The lowest BCUT2D eigenvalue weighted by Crippen LogP contribution is -2.60. The van der Waals surface area contributed by atoms with Gasteiger partial charge in [-0.2, -0.15) is 0 Å². The normalized spacial score (nSPS) is 18.2. The Labute approximate surface area is 213 Å². The van der Waals surface area contributed by atoms with E-state index in [1.54, 1.807) is 24.1 Å². The second-order valence-electron chi connectivity index (χ2n) is 8.33. The van der Waals surface area contributed by atoms with Gasteiger partial charge >= 0.3 is 6.03 Å². The molecule has 0 aromatic heterocycles. The molecule has 2 aromatic rings. The largest absolute Gasteiger partial charge is 0.497 e. The van der Waals surface area contributed by atoms with Crippen LogP contribution in [0.3, 0.4) is 0 Å². The molecule has 2 fully saturated rings. The highest BCUT2D eigenvalue weighted by molar-refractivity contribution is 6.42. The molecule has 2 heterocycles. The van der Waals surface area contributed by atoms with Crippen molar-refractivity contribution in [3.63, 3.8) is 0 Å². The summed E-state index contributed by atoms with van der Waals surface area (Å²) < 4.78 is 5.21. The molecule has 0 saturated carbocycles. The fourth-order valence-electron chi connectivity index (χ4n) is 4.23. The SMILES string of the molecule is COc1ccc(N2CCN(C(=O)CC3C(=O)NCCN3C(=O)Nc3ccc(Cl)c(Cl)c3)CC2)cc1. The van der Waals surface area contributed by atoms with E-state index in [0.29, 0.717) is 55.0 Å². The Morgan fingerprint density at radius 2 is 1.74 bits per heavy atom. The highest BCUT2D eigenvalue weighted by Gasteiger charge is 2.36. The van der Waals surface area contributed by atoms with Crippen LogP contribution in [0.15, 0.2) is 42.5 Å². The summed E-state index contributed by atoms with van der Waals surface area (Å²) in [6.07, 6.45) is -0.0802. The van der Waals surface area contributed by atoms with Crippen LogP contribution in [-0.2, 0) is 9.59 Å². The Bertz CT molecular complexity index is 1090. The molecule has 9 nitrogen and oxygen atoms in total. The number of methoxy groups -OCH3 is 1. The topological polar surface area (TPSA) is 94.2 Å². The zero-order valence-electron chi connectivity index (χ0n) is 19.3. The molecule has 11 heteroatoms. The Hall–Kier alpha value is -3.17. The third-order valence-corrected chi connectivity index (χ3v) is 6.94. The summed E-state index contributed by atoms with van der Waals surface area (Å²) in [6, 6.07) is 11.2. The lowest BCUT2D eigenvalue weighted by molar-refractivity contribution is -0.137. The molecule has 4 rings (SSSR count). The average molecular weight is 520 g/mol. The van der Waals surface area contributed by atoms with Crippen molar-refractivity contribution in [2.45, 2.75) is 12.5 Å². The lowest BCUT2D eigenvalue weighted by atomic mass is 10.1. The molecule has 1 unspecified atom stereocenters. The molecule has 0 spiro atoms. The van der Waals surface area contributed by atoms with E-state index in [0.717, 1.165) is 11.4 Å². The maximum atomic E-state index is 13.1. The van der Waals surface area contributed by atoms with Gasteiger partial charge in [-0.3, -0.25) is 9.59 Å². The van der Waals surface area contributed by atoms with Gasteiger partial charge in [0, 0.05) is 50.6 Å². The summed E-state index contributed by atoms with van der Waals surface area (Å²) in [4.78, 5) is 44.0. The molecule has 35 heavy (non-hydrogen) atoms. The lowest BCUT2D eigenvalue weighted by Gasteiger charge is -2.38. The first-order valence-corrected chi connectivity index (χ1v) is 12.1. The van der Waals surface area contributed by atoms with Gasteiger partial charge < -0.3 is 30.1 Å². The van der Waals surface area contributed by atoms with Crippen molar-refractivity contribution in [2.75, 3.05) is 56.6 Å². The van der Waals surface area contributed by atoms with Crippen LogP contribution in [-0.4, -0.2) is 80.1 Å². The number of nitrogens with zero attached hydrogens (tertiary/aromatic N) is 3. The van der Waals surface area contributed by atoms with E-state index in [4.69, 9.17) is 27.9 Å². The van der Waals surface area contributed by atoms with Crippen molar-refractivity contribution in [1.29, 1.82) is 0 Å². The van der Waals surface area contributed by atoms with Gasteiger partial charge in [0.15, 0.2) is 0 Å². The van der Waals surface area contributed by atoms with E-state index in [1.165, 1.54) is 11.0 Å². The Kier molecular flexibility index (Phi) is 7.87. The van der Waals surface area contributed by atoms with Crippen molar-refractivity contribution in [1.82, 2.24) is 15.1 Å². The van der Waals surface area contributed by atoms with Gasteiger partial charge in [-0.1, -0.05) is 23.2 Å². The molecule has 186 valence electrons. The number of piperazine rings is 2. The first kappa shape index (κ1) is 24.9. The molecule has 4 amide bonds. The minimum atomic E-state index is -0.890. The third-order valence-electron chi connectivity index (χ3n) is 6.20. The van der Waals surface area contributed by atoms with E-state index < -0.39 is 12.1 Å². The number of urea groups is 1. The number of anilines is 2. The molecule has 0 bridgehead atoms. The summed E-state index contributed by atoms with van der Waals surface area (Å²) in [5.41, 5.74) is 1.52. The predicted octanol–water partition coefficient (Wildman–Crippen LogP) is 3.07. The number of amides is 4. The number of benzene rings is 2. The summed E-state index contributed by atoms with van der Waals surface area (Å²) in [5, 5.41) is 6.17. The highest BCUT2D eigenvalue weighted by atomic mass is 35.5. The number of carbonyl (C=O) groups is 3. The van der Waals surface area contributed by atoms with Gasteiger partial charge in [-0.05, 0) is 42.5 Å². The third kappa shape index (κ3) is 5.91. The van der Waals surface area contributed by atoms with Crippen molar-refractivity contribution >= 4 is 52.4 Å². The van der Waals surface area contributed by atoms with E-state index >= 15 is 0 Å². The molecule has 0 aliphatic carbocycles. The monoisotopic (exact) mass is 519 g/mol. The Morgan fingerprint density at radius 3 is 2.40 bits per heavy atom. The molecule has 2 aromatic carbocycles. The standard InChI is InChI=1S/C24H27Cl2N5O4/c1-35-18-5-3-17(4-6-18)29-10-12-30(13-11-29)22(32)15-21-23(33)27-8-9-31(21)24(34)28-16-2-7-19(25)20(26)14-16/h2-7,14,21H,8-13,15H2,1H3,(H,27,33)(H,28,34). The molecule has 2 N–H and O–H groups in total. The molecule has 2 aliphatic rings. The number of carbonyl (C=O) groups excluding carboxylic acids is 3. The summed E-state index contributed by atoms with van der Waals surface area (Å²) >= 11 is 12.0. The highest BCUT2D eigenvalue weighted by Crippen LogP contribution is 2.26. The van der Waals surface area contributed by atoms with Crippen molar-refractivity contribution in [2.24, 2.45) is 0 Å². The number of rotatable bonds is 5. The number of hydrogen-bond donors (Lipinski definition) is 2. The molecule has 1 atom stereocenters.